The molecule has 2 nitrogen and oxygen atoms in total. The monoisotopic (exact) mass is 344 g/mol. The van der Waals surface area contributed by atoms with Gasteiger partial charge in [0.05, 0.1) is 6.10 Å². The van der Waals surface area contributed by atoms with E-state index in [0.29, 0.717) is 23.2 Å². The zero-order valence-electron chi connectivity index (χ0n) is 16.6. The normalized spacial score (nSPS) is 49.2. The Balaban J connectivity index is 1.70. The summed E-state index contributed by atoms with van der Waals surface area (Å²) in [7, 11) is 1.89. The third kappa shape index (κ3) is 2.42. The number of ether oxygens (including phenoxy) is 1. The summed E-state index contributed by atoms with van der Waals surface area (Å²) in [6.07, 6.45) is 13.5. The molecule has 4 rings (SSSR count). The number of rotatable bonds is 3. The molecule has 0 aromatic heterocycles. The first-order valence-corrected chi connectivity index (χ1v) is 10.7. The maximum atomic E-state index is 12.6. The lowest BCUT2D eigenvalue weighted by Gasteiger charge is -2.59. The van der Waals surface area contributed by atoms with Crippen LogP contribution in [0.15, 0.2) is 11.6 Å². The number of hydrogen-bond acceptors (Lipinski definition) is 2. The third-order valence-electron chi connectivity index (χ3n) is 9.06. The smallest absolute Gasteiger partial charge is 0.139 e. The molecule has 2 heteroatoms. The second kappa shape index (κ2) is 6.22. The van der Waals surface area contributed by atoms with Crippen LogP contribution in [0.2, 0.25) is 0 Å². The minimum Gasteiger partial charge on any atom is -0.381 e. The van der Waals surface area contributed by atoms with Crippen molar-refractivity contribution in [2.75, 3.05) is 7.11 Å². The molecule has 0 aromatic carbocycles. The highest BCUT2D eigenvalue weighted by molar-refractivity contribution is 5.87. The summed E-state index contributed by atoms with van der Waals surface area (Å²) in [5, 5.41) is 0. The summed E-state index contributed by atoms with van der Waals surface area (Å²) in [4.78, 5) is 12.6. The largest absolute Gasteiger partial charge is 0.381 e. The molecule has 3 saturated carbocycles. The van der Waals surface area contributed by atoms with E-state index in [4.69, 9.17) is 4.74 Å². The van der Waals surface area contributed by atoms with Crippen LogP contribution in [-0.2, 0) is 9.53 Å². The fraction of sp³-hybridized carbons (Fsp3) is 0.870. The van der Waals surface area contributed by atoms with E-state index in [1.165, 1.54) is 32.1 Å². The maximum absolute atomic E-state index is 12.6. The van der Waals surface area contributed by atoms with E-state index in [1.807, 2.05) is 7.11 Å². The van der Waals surface area contributed by atoms with Gasteiger partial charge in [-0.3, -0.25) is 4.79 Å². The molecule has 2 unspecified atom stereocenters. The van der Waals surface area contributed by atoms with Gasteiger partial charge in [-0.1, -0.05) is 38.8 Å². The Hall–Kier alpha value is -0.630. The molecule has 0 N–H and O–H groups in total. The molecular weight excluding hydrogens is 308 g/mol. The standard InChI is InChI=1S/C23H36O2/c1-5-6-15-13-17(25-4)14-16-7-8-18-19-9-10-21(24)22(19,2)12-11-20(18)23(15,16)3/h7,15,17-20H,5-6,8-14H2,1-4H3/t15?,17?,18-,19-,20+,22-,23-/m0/s1. The van der Waals surface area contributed by atoms with Gasteiger partial charge >= 0.3 is 0 Å². The SMILES string of the molecule is CCCC1CC(OC)CC2=CC[C@@H]3[C@@H](CC[C@]4(C)C(=O)CC[C@@H]34)[C@]21C. The second-order valence-corrected chi connectivity index (χ2v) is 9.83. The van der Waals surface area contributed by atoms with Crippen LogP contribution in [0.5, 0.6) is 0 Å². The van der Waals surface area contributed by atoms with Gasteiger partial charge < -0.3 is 4.74 Å². The van der Waals surface area contributed by atoms with Gasteiger partial charge in [0.25, 0.3) is 0 Å². The van der Waals surface area contributed by atoms with Crippen molar-refractivity contribution >= 4 is 5.78 Å². The number of ketones is 1. The van der Waals surface area contributed by atoms with Gasteiger partial charge in [0, 0.05) is 18.9 Å². The van der Waals surface area contributed by atoms with E-state index in [-0.39, 0.29) is 5.41 Å². The van der Waals surface area contributed by atoms with Gasteiger partial charge in [-0.2, -0.15) is 0 Å². The average molecular weight is 345 g/mol. The summed E-state index contributed by atoms with van der Waals surface area (Å²) in [5.74, 6) is 3.46. The van der Waals surface area contributed by atoms with Crippen molar-refractivity contribution in [3.8, 4) is 0 Å². The van der Waals surface area contributed by atoms with Gasteiger partial charge in [0.1, 0.15) is 5.78 Å². The topological polar surface area (TPSA) is 26.3 Å². The van der Waals surface area contributed by atoms with Gasteiger partial charge in [0.15, 0.2) is 0 Å². The van der Waals surface area contributed by atoms with Crippen LogP contribution >= 0.6 is 0 Å². The molecule has 0 bridgehead atoms. The van der Waals surface area contributed by atoms with Crippen molar-refractivity contribution < 1.29 is 9.53 Å². The molecule has 140 valence electrons. The highest BCUT2D eigenvalue weighted by atomic mass is 16.5. The molecule has 7 atom stereocenters. The molecule has 0 aliphatic heterocycles. The molecule has 4 aliphatic carbocycles. The van der Waals surface area contributed by atoms with E-state index >= 15 is 0 Å². The summed E-state index contributed by atoms with van der Waals surface area (Å²) < 4.78 is 5.81. The molecule has 0 spiro atoms. The van der Waals surface area contributed by atoms with Crippen molar-refractivity contribution in [1.82, 2.24) is 0 Å². The van der Waals surface area contributed by atoms with Gasteiger partial charge in [-0.25, -0.2) is 0 Å². The molecule has 0 heterocycles. The van der Waals surface area contributed by atoms with E-state index in [0.717, 1.165) is 43.4 Å². The summed E-state index contributed by atoms with van der Waals surface area (Å²) in [5.41, 5.74) is 2.03. The van der Waals surface area contributed by atoms with Crippen LogP contribution in [0.25, 0.3) is 0 Å². The average Bonchev–Trinajstić information content (AvgIpc) is 2.91. The number of methoxy groups -OCH3 is 1. The lowest BCUT2D eigenvalue weighted by Crippen LogP contribution is -2.53. The van der Waals surface area contributed by atoms with Crippen LogP contribution in [0.1, 0.15) is 78.6 Å². The Morgan fingerprint density at radius 1 is 1.24 bits per heavy atom. The van der Waals surface area contributed by atoms with E-state index < -0.39 is 0 Å². The highest BCUT2D eigenvalue weighted by Crippen LogP contribution is 2.65. The highest BCUT2D eigenvalue weighted by Gasteiger charge is 2.60. The summed E-state index contributed by atoms with van der Waals surface area (Å²) >= 11 is 0. The van der Waals surface area contributed by atoms with Crippen molar-refractivity contribution in [1.29, 1.82) is 0 Å². The lowest BCUT2D eigenvalue weighted by atomic mass is 9.45. The molecule has 25 heavy (non-hydrogen) atoms. The van der Waals surface area contributed by atoms with Gasteiger partial charge in [-0.05, 0) is 74.0 Å². The zero-order chi connectivity index (χ0) is 17.8. The number of carbonyl (C=O) groups excluding carboxylic acids is 1. The van der Waals surface area contributed by atoms with Crippen LogP contribution in [0.4, 0.5) is 0 Å². The second-order valence-electron chi connectivity index (χ2n) is 9.83. The number of allylic oxidation sites excluding steroid dienone is 1. The first-order chi connectivity index (χ1) is 11.9. The Morgan fingerprint density at radius 3 is 2.76 bits per heavy atom. The molecule has 0 radical (unpaired) electrons. The molecule has 4 aliphatic rings. The van der Waals surface area contributed by atoms with Crippen LogP contribution in [-0.4, -0.2) is 19.0 Å². The summed E-state index contributed by atoms with van der Waals surface area (Å²) in [6.45, 7) is 7.20. The third-order valence-corrected chi connectivity index (χ3v) is 9.06. The van der Waals surface area contributed by atoms with Crippen LogP contribution in [0, 0.1) is 34.5 Å². The van der Waals surface area contributed by atoms with Crippen molar-refractivity contribution in [2.24, 2.45) is 34.5 Å². The minimum atomic E-state index is -0.00709. The minimum absolute atomic E-state index is 0.00709. The molecule has 3 fully saturated rings. The van der Waals surface area contributed by atoms with Crippen molar-refractivity contribution in [2.45, 2.75) is 84.7 Å². The number of Topliss-reactive ketones (excluding diaryl/α,β-unsaturated/α-hetero) is 1. The predicted molar refractivity (Wildman–Crippen MR) is 101 cm³/mol. The number of fused-ring (bicyclic) bond motifs is 5. The first kappa shape index (κ1) is 17.8. The Labute approximate surface area is 153 Å². The zero-order valence-corrected chi connectivity index (χ0v) is 16.6. The Kier molecular flexibility index (Phi) is 4.42. The van der Waals surface area contributed by atoms with Crippen LogP contribution < -0.4 is 0 Å². The van der Waals surface area contributed by atoms with Crippen molar-refractivity contribution in [3.63, 3.8) is 0 Å². The van der Waals surface area contributed by atoms with Gasteiger partial charge in [0.2, 0.25) is 0 Å². The fourth-order valence-corrected chi connectivity index (χ4v) is 7.57. The summed E-state index contributed by atoms with van der Waals surface area (Å²) in [6, 6.07) is 0. The predicted octanol–water partition coefficient (Wildman–Crippen LogP) is 5.56. The Bertz CT molecular complexity index is 579. The van der Waals surface area contributed by atoms with E-state index in [2.05, 4.69) is 26.8 Å². The quantitative estimate of drug-likeness (QED) is 0.627. The van der Waals surface area contributed by atoms with E-state index in [1.54, 1.807) is 5.57 Å². The number of carbonyl (C=O) groups is 1. The molecule has 0 saturated heterocycles. The Morgan fingerprint density at radius 2 is 2.04 bits per heavy atom. The van der Waals surface area contributed by atoms with E-state index in [9.17, 15) is 4.79 Å². The number of hydrogen-bond donors (Lipinski definition) is 0. The van der Waals surface area contributed by atoms with Crippen LogP contribution in [0.3, 0.4) is 0 Å². The molecular formula is C23H36O2. The van der Waals surface area contributed by atoms with Crippen molar-refractivity contribution in [3.05, 3.63) is 11.6 Å². The molecule has 0 aromatic rings. The fourth-order valence-electron chi connectivity index (χ4n) is 7.57. The first-order valence-electron chi connectivity index (χ1n) is 10.7. The van der Waals surface area contributed by atoms with Gasteiger partial charge in [-0.15, -0.1) is 0 Å². The molecule has 0 amide bonds. The maximum Gasteiger partial charge on any atom is 0.139 e. The lowest BCUT2D eigenvalue weighted by molar-refractivity contribution is -0.133.